The van der Waals surface area contributed by atoms with Crippen molar-refractivity contribution in [1.29, 1.82) is 0 Å². The minimum atomic E-state index is -0.0603. The SMILES string of the molecule is O=c1c2ccc(N3c4ccccc4Sc4ccccc43)c3c(N4c5ccccc5Sc5ccccc54)ccc(c32)c2nc3ccccc3n12. The van der Waals surface area contributed by atoms with Crippen LogP contribution in [-0.4, -0.2) is 9.38 Å². The van der Waals surface area contributed by atoms with Crippen LogP contribution in [0.25, 0.3) is 38.2 Å². The number of para-hydroxylation sites is 6. The number of pyridine rings is 1. The van der Waals surface area contributed by atoms with Crippen LogP contribution in [0.5, 0.6) is 0 Å². The van der Waals surface area contributed by atoms with E-state index < -0.39 is 0 Å². The van der Waals surface area contributed by atoms with E-state index in [-0.39, 0.29) is 5.56 Å². The summed E-state index contributed by atoms with van der Waals surface area (Å²) in [6, 6.07) is 50.8. The van der Waals surface area contributed by atoms with Gasteiger partial charge >= 0.3 is 0 Å². The molecule has 2 aromatic heterocycles. The molecule has 0 radical (unpaired) electrons. The number of imidazole rings is 1. The highest BCUT2D eigenvalue weighted by Gasteiger charge is 2.32. The van der Waals surface area contributed by atoms with Gasteiger partial charge in [0.2, 0.25) is 0 Å². The van der Waals surface area contributed by atoms with Gasteiger partial charge in [-0.2, -0.15) is 0 Å². The van der Waals surface area contributed by atoms with Crippen molar-refractivity contribution in [3.8, 4) is 0 Å². The molecule has 0 saturated carbocycles. The number of hydrogen-bond acceptors (Lipinski definition) is 6. The van der Waals surface area contributed by atoms with Gasteiger partial charge < -0.3 is 9.80 Å². The lowest BCUT2D eigenvalue weighted by Crippen LogP contribution is -2.19. The van der Waals surface area contributed by atoms with Crippen LogP contribution in [0.4, 0.5) is 34.1 Å². The average Bonchev–Trinajstić information content (AvgIpc) is 3.55. The van der Waals surface area contributed by atoms with E-state index in [4.69, 9.17) is 4.98 Å². The summed E-state index contributed by atoms with van der Waals surface area (Å²) in [5, 5.41) is 3.55. The third-order valence-electron chi connectivity index (χ3n) is 9.70. The number of fused-ring (bicyclic) bond motifs is 8. The molecule has 5 nitrogen and oxygen atoms in total. The second kappa shape index (κ2) is 10.1. The van der Waals surface area contributed by atoms with Crippen molar-refractivity contribution in [2.45, 2.75) is 19.6 Å². The summed E-state index contributed by atoms with van der Waals surface area (Å²) < 4.78 is 1.79. The van der Waals surface area contributed by atoms with E-state index in [2.05, 4.69) is 125 Å². The molecule has 0 spiro atoms. The fourth-order valence-electron chi connectivity index (χ4n) is 7.66. The smallest absolute Gasteiger partial charge is 0.264 e. The Hall–Kier alpha value is -5.76. The largest absolute Gasteiger partial charge is 0.308 e. The van der Waals surface area contributed by atoms with Crippen molar-refractivity contribution in [3.05, 3.63) is 156 Å². The summed E-state index contributed by atoms with van der Waals surface area (Å²) in [7, 11) is 0. The van der Waals surface area contributed by atoms with Crippen LogP contribution in [0.3, 0.4) is 0 Å². The summed E-state index contributed by atoms with van der Waals surface area (Å²) in [6.07, 6.45) is 0. The molecular formula is C42H24N4OS2. The number of nitrogens with zero attached hydrogens (tertiary/aromatic N) is 4. The normalized spacial score (nSPS) is 13.6. The lowest BCUT2D eigenvalue weighted by atomic mass is 9.96. The maximum atomic E-state index is 14.6. The Labute approximate surface area is 289 Å². The molecule has 0 bridgehead atoms. The molecule has 0 fully saturated rings. The molecule has 2 aliphatic rings. The molecule has 0 N–H and O–H groups in total. The molecule has 7 heteroatoms. The molecule has 9 aromatic rings. The summed E-state index contributed by atoms with van der Waals surface area (Å²) in [5.41, 5.74) is 8.73. The Morgan fingerprint density at radius 1 is 0.429 bits per heavy atom. The third-order valence-corrected chi connectivity index (χ3v) is 12.0. The van der Waals surface area contributed by atoms with E-state index in [9.17, 15) is 4.79 Å². The molecule has 0 unspecified atom stereocenters. The molecular weight excluding hydrogens is 641 g/mol. The predicted octanol–water partition coefficient (Wildman–Crippen LogP) is 11.5. The number of benzene rings is 7. The van der Waals surface area contributed by atoms with Crippen LogP contribution in [0.1, 0.15) is 0 Å². The van der Waals surface area contributed by atoms with Gasteiger partial charge in [-0.25, -0.2) is 4.98 Å². The van der Waals surface area contributed by atoms with Crippen molar-refractivity contribution in [3.63, 3.8) is 0 Å². The zero-order chi connectivity index (χ0) is 32.2. The van der Waals surface area contributed by atoms with E-state index in [0.29, 0.717) is 11.0 Å². The van der Waals surface area contributed by atoms with Gasteiger partial charge in [0, 0.05) is 41.1 Å². The van der Waals surface area contributed by atoms with Crippen molar-refractivity contribution in [2.24, 2.45) is 0 Å². The lowest BCUT2D eigenvalue weighted by Gasteiger charge is -2.37. The third kappa shape index (κ3) is 3.74. The van der Waals surface area contributed by atoms with Gasteiger partial charge in [-0.3, -0.25) is 9.20 Å². The van der Waals surface area contributed by atoms with E-state index >= 15 is 0 Å². The first-order chi connectivity index (χ1) is 24.2. The van der Waals surface area contributed by atoms with Crippen molar-refractivity contribution >= 4 is 95.9 Å². The first-order valence-corrected chi connectivity index (χ1v) is 17.8. The average molecular weight is 665 g/mol. The highest BCUT2D eigenvalue weighted by atomic mass is 32.2. The molecule has 0 amide bonds. The highest BCUT2D eigenvalue weighted by Crippen LogP contribution is 2.57. The number of rotatable bonds is 2. The minimum Gasteiger partial charge on any atom is -0.308 e. The highest BCUT2D eigenvalue weighted by molar-refractivity contribution is 8.00. The molecule has 0 aliphatic carbocycles. The quantitative estimate of drug-likeness (QED) is 0.183. The molecule has 0 saturated heterocycles. The summed E-state index contributed by atoms with van der Waals surface area (Å²) in [4.78, 5) is 29.2. The van der Waals surface area contributed by atoms with Crippen LogP contribution >= 0.6 is 23.5 Å². The van der Waals surface area contributed by atoms with Crippen LogP contribution in [-0.2, 0) is 0 Å². The lowest BCUT2D eigenvalue weighted by molar-refractivity contribution is 1.16. The monoisotopic (exact) mass is 664 g/mol. The van der Waals surface area contributed by atoms with Gasteiger partial charge in [0.1, 0.15) is 5.65 Å². The van der Waals surface area contributed by atoms with Crippen molar-refractivity contribution in [1.82, 2.24) is 9.38 Å². The Bertz CT molecular complexity index is 2710. The number of anilines is 6. The maximum absolute atomic E-state index is 14.6. The zero-order valence-corrected chi connectivity index (χ0v) is 27.5. The summed E-state index contributed by atoms with van der Waals surface area (Å²) in [5.74, 6) is 0. The fourth-order valence-corrected chi connectivity index (χ4v) is 9.77. The topological polar surface area (TPSA) is 40.9 Å². The van der Waals surface area contributed by atoms with Crippen molar-refractivity contribution in [2.75, 3.05) is 9.80 Å². The zero-order valence-electron chi connectivity index (χ0n) is 25.9. The van der Waals surface area contributed by atoms with E-state index in [1.807, 2.05) is 30.3 Å². The van der Waals surface area contributed by atoms with E-state index in [0.717, 1.165) is 61.3 Å². The first-order valence-electron chi connectivity index (χ1n) is 16.2. The molecule has 49 heavy (non-hydrogen) atoms. The Morgan fingerprint density at radius 3 is 1.41 bits per heavy atom. The fraction of sp³-hybridized carbons (Fsp3) is 0. The number of hydrogen-bond donors (Lipinski definition) is 0. The minimum absolute atomic E-state index is 0.0603. The maximum Gasteiger partial charge on any atom is 0.264 e. The van der Waals surface area contributed by atoms with Crippen LogP contribution in [0.2, 0.25) is 0 Å². The van der Waals surface area contributed by atoms with Crippen LogP contribution < -0.4 is 15.4 Å². The molecule has 4 heterocycles. The van der Waals surface area contributed by atoms with Crippen LogP contribution in [0, 0.1) is 0 Å². The van der Waals surface area contributed by atoms with Gasteiger partial charge in [-0.1, -0.05) is 84.2 Å². The Kier molecular flexibility index (Phi) is 5.62. The Morgan fingerprint density at radius 2 is 0.878 bits per heavy atom. The van der Waals surface area contributed by atoms with Gasteiger partial charge in [-0.15, -0.1) is 0 Å². The predicted molar refractivity (Wildman–Crippen MR) is 203 cm³/mol. The molecule has 0 atom stereocenters. The molecule has 7 aromatic carbocycles. The Balaban J connectivity index is 1.34. The van der Waals surface area contributed by atoms with Gasteiger partial charge in [0.05, 0.1) is 45.2 Å². The first kappa shape index (κ1) is 27.2. The van der Waals surface area contributed by atoms with Crippen molar-refractivity contribution < 1.29 is 0 Å². The molecule has 230 valence electrons. The molecule has 2 aliphatic heterocycles. The second-order valence-electron chi connectivity index (χ2n) is 12.3. The van der Waals surface area contributed by atoms with E-state index in [1.54, 1.807) is 27.9 Å². The number of aromatic nitrogens is 2. The standard InChI is InChI=1S/C42H24N4OS2/c47-42-26-22-24-34(45-31-15-5-9-19-37(31)49-38-20-10-6-16-32(38)45)40-33(44-29-13-3-7-17-35(29)48-36-18-8-4-14-30(36)44)23-21-25(39(26)40)41-43-27-11-1-2-12-28(27)46(41)42/h1-24H. The summed E-state index contributed by atoms with van der Waals surface area (Å²) in [6.45, 7) is 0. The summed E-state index contributed by atoms with van der Waals surface area (Å²) >= 11 is 3.59. The van der Waals surface area contributed by atoms with Gasteiger partial charge in [0.15, 0.2) is 0 Å². The molecule has 11 rings (SSSR count). The van der Waals surface area contributed by atoms with Gasteiger partial charge in [0.25, 0.3) is 5.56 Å². The van der Waals surface area contributed by atoms with Crippen LogP contribution in [0.15, 0.2) is 170 Å². The van der Waals surface area contributed by atoms with E-state index in [1.165, 1.54) is 19.6 Å². The second-order valence-corrected chi connectivity index (χ2v) is 14.5. The van der Waals surface area contributed by atoms with Gasteiger partial charge in [-0.05, 0) is 84.9 Å².